The monoisotopic (exact) mass is 422 g/mol. The van der Waals surface area contributed by atoms with Gasteiger partial charge in [-0.15, -0.1) is 0 Å². The van der Waals surface area contributed by atoms with Crippen molar-refractivity contribution in [3.8, 4) is 5.75 Å². The van der Waals surface area contributed by atoms with Crippen molar-refractivity contribution >= 4 is 17.7 Å². The molecule has 0 unspecified atom stereocenters. The summed E-state index contributed by atoms with van der Waals surface area (Å²) in [5.41, 5.74) is 0.855. The predicted octanol–water partition coefficient (Wildman–Crippen LogP) is 1.98. The number of aromatic nitrogens is 2. The van der Waals surface area contributed by atoms with Gasteiger partial charge in [-0.05, 0) is 30.5 Å². The summed E-state index contributed by atoms with van der Waals surface area (Å²) >= 11 is 0. The zero-order valence-corrected chi connectivity index (χ0v) is 17.7. The zero-order valence-electron chi connectivity index (χ0n) is 17.7. The Morgan fingerprint density at radius 2 is 1.81 bits per heavy atom. The van der Waals surface area contributed by atoms with Gasteiger partial charge in [0.1, 0.15) is 17.6 Å². The molecule has 1 fully saturated rings. The Kier molecular flexibility index (Phi) is 5.88. The van der Waals surface area contributed by atoms with Crippen LogP contribution in [0.25, 0.3) is 0 Å². The van der Waals surface area contributed by atoms with E-state index in [4.69, 9.17) is 4.74 Å². The van der Waals surface area contributed by atoms with Crippen molar-refractivity contribution in [2.75, 3.05) is 13.7 Å². The van der Waals surface area contributed by atoms with E-state index in [2.05, 4.69) is 10.3 Å². The molecule has 1 aromatic heterocycles. The van der Waals surface area contributed by atoms with Crippen molar-refractivity contribution in [3.63, 3.8) is 0 Å². The maximum atomic E-state index is 12.8. The number of nitrogens with zero attached hydrogens (tertiary/aromatic N) is 3. The molecule has 1 saturated heterocycles. The van der Waals surface area contributed by atoms with Gasteiger partial charge in [-0.2, -0.15) is 0 Å². The first-order chi connectivity index (χ1) is 15.0. The van der Waals surface area contributed by atoms with Gasteiger partial charge in [0.25, 0.3) is 0 Å². The molecule has 1 aromatic carbocycles. The van der Waals surface area contributed by atoms with Crippen LogP contribution < -0.4 is 10.1 Å². The molecule has 2 heterocycles. The number of carbonyl (C=O) groups is 3. The second-order valence-electron chi connectivity index (χ2n) is 7.90. The Hall–Kier alpha value is -3.42. The molecule has 8 nitrogen and oxygen atoms in total. The molecule has 3 atom stereocenters. The molecule has 1 N–H and O–H groups in total. The van der Waals surface area contributed by atoms with Gasteiger partial charge < -0.3 is 14.6 Å². The lowest BCUT2D eigenvalue weighted by Crippen LogP contribution is -2.37. The quantitative estimate of drug-likeness (QED) is 0.544. The SMILES string of the molecule is COc1ccc([C@H](NC(=O)CCN2C(=O)[C@@H]3CC=CC[C@H]3C2=O)c2nccn2C)cc1. The average Bonchev–Trinajstić information content (AvgIpc) is 3.32. The van der Waals surface area contributed by atoms with Crippen molar-refractivity contribution in [3.05, 3.63) is 60.2 Å². The van der Waals surface area contributed by atoms with Crippen molar-refractivity contribution in [1.82, 2.24) is 19.8 Å². The summed E-state index contributed by atoms with van der Waals surface area (Å²) in [6.07, 6.45) is 8.63. The Morgan fingerprint density at radius 3 is 2.35 bits per heavy atom. The topological polar surface area (TPSA) is 93.5 Å². The number of nitrogens with one attached hydrogen (secondary N) is 1. The fourth-order valence-electron chi connectivity index (χ4n) is 4.28. The lowest BCUT2D eigenvalue weighted by Gasteiger charge is -2.20. The lowest BCUT2D eigenvalue weighted by molar-refractivity contribution is -0.140. The second kappa shape index (κ2) is 8.75. The maximum absolute atomic E-state index is 12.8. The van der Waals surface area contributed by atoms with Gasteiger partial charge in [0.05, 0.1) is 18.9 Å². The van der Waals surface area contributed by atoms with Crippen LogP contribution in [0.15, 0.2) is 48.8 Å². The van der Waals surface area contributed by atoms with E-state index >= 15 is 0 Å². The molecule has 0 bridgehead atoms. The number of amides is 3. The van der Waals surface area contributed by atoms with Crippen LogP contribution in [0.5, 0.6) is 5.75 Å². The van der Waals surface area contributed by atoms with E-state index in [-0.39, 0.29) is 42.5 Å². The van der Waals surface area contributed by atoms with E-state index in [0.717, 1.165) is 11.3 Å². The van der Waals surface area contributed by atoms with Crippen LogP contribution in [-0.4, -0.2) is 45.8 Å². The first-order valence-corrected chi connectivity index (χ1v) is 10.4. The van der Waals surface area contributed by atoms with E-state index in [1.807, 2.05) is 54.2 Å². The average molecular weight is 422 g/mol. The van der Waals surface area contributed by atoms with E-state index in [9.17, 15) is 14.4 Å². The number of likely N-dealkylation sites (tertiary alicyclic amines) is 1. The highest BCUT2D eigenvalue weighted by Gasteiger charge is 2.46. The number of imide groups is 1. The lowest BCUT2D eigenvalue weighted by atomic mass is 9.85. The number of benzene rings is 1. The Morgan fingerprint density at radius 1 is 1.16 bits per heavy atom. The highest BCUT2D eigenvalue weighted by molar-refractivity contribution is 6.05. The molecule has 1 aliphatic heterocycles. The molecular formula is C23H26N4O4. The van der Waals surface area contributed by atoms with E-state index in [1.165, 1.54) is 4.90 Å². The Labute approximate surface area is 180 Å². The third-order valence-corrected chi connectivity index (χ3v) is 6.03. The van der Waals surface area contributed by atoms with E-state index in [1.54, 1.807) is 13.3 Å². The zero-order chi connectivity index (χ0) is 22.0. The molecule has 4 rings (SSSR count). The first-order valence-electron chi connectivity index (χ1n) is 10.4. The number of ether oxygens (including phenoxy) is 1. The van der Waals surface area contributed by atoms with E-state index in [0.29, 0.717) is 18.7 Å². The summed E-state index contributed by atoms with van der Waals surface area (Å²) in [6.45, 7) is 0.0897. The first kappa shape index (κ1) is 20.8. The number of rotatable bonds is 7. The van der Waals surface area contributed by atoms with Crippen LogP contribution in [0, 0.1) is 11.8 Å². The molecule has 162 valence electrons. The number of methoxy groups -OCH3 is 1. The van der Waals surface area contributed by atoms with Crippen molar-refractivity contribution < 1.29 is 19.1 Å². The summed E-state index contributed by atoms with van der Waals surface area (Å²) in [6, 6.07) is 6.95. The number of imidazole rings is 1. The minimum Gasteiger partial charge on any atom is -0.497 e. The van der Waals surface area contributed by atoms with Crippen LogP contribution in [0.3, 0.4) is 0 Å². The molecule has 3 amide bonds. The summed E-state index contributed by atoms with van der Waals surface area (Å²) in [5.74, 6) is 0.267. The number of hydrogen-bond acceptors (Lipinski definition) is 5. The van der Waals surface area contributed by atoms with Crippen LogP contribution in [0.4, 0.5) is 0 Å². The molecule has 2 aliphatic rings. The Bertz CT molecular complexity index is 985. The minimum absolute atomic E-state index is 0.0431. The van der Waals surface area contributed by atoms with Crippen LogP contribution >= 0.6 is 0 Å². The highest BCUT2D eigenvalue weighted by atomic mass is 16.5. The number of hydrogen-bond donors (Lipinski definition) is 1. The smallest absolute Gasteiger partial charge is 0.233 e. The fourth-order valence-corrected chi connectivity index (χ4v) is 4.28. The Balaban J connectivity index is 1.45. The van der Waals surface area contributed by atoms with Gasteiger partial charge in [-0.25, -0.2) is 4.98 Å². The molecular weight excluding hydrogens is 396 g/mol. The van der Waals surface area contributed by atoms with Crippen LogP contribution in [0.1, 0.15) is 36.7 Å². The largest absolute Gasteiger partial charge is 0.497 e. The summed E-state index contributed by atoms with van der Waals surface area (Å²) in [7, 11) is 3.46. The number of fused-ring (bicyclic) bond motifs is 1. The molecule has 2 aromatic rings. The van der Waals surface area contributed by atoms with Crippen LogP contribution in [0.2, 0.25) is 0 Å². The predicted molar refractivity (Wildman–Crippen MR) is 113 cm³/mol. The van der Waals surface area contributed by atoms with Gasteiger partial charge in [0, 0.05) is 32.4 Å². The minimum atomic E-state index is -0.463. The normalized spacial score (nSPS) is 21.2. The maximum Gasteiger partial charge on any atom is 0.233 e. The van der Waals surface area contributed by atoms with Crippen molar-refractivity contribution in [2.45, 2.75) is 25.3 Å². The molecule has 8 heteroatoms. The van der Waals surface area contributed by atoms with Gasteiger partial charge in [-0.3, -0.25) is 19.3 Å². The van der Waals surface area contributed by atoms with Gasteiger partial charge >= 0.3 is 0 Å². The summed E-state index contributed by atoms with van der Waals surface area (Å²) in [5, 5.41) is 3.01. The standard InChI is InChI=1S/C23H26N4O4/c1-26-14-12-24-21(26)20(15-7-9-16(31-2)10-8-15)25-19(28)11-13-27-22(29)17-5-3-4-6-18(17)23(27)30/h3-4,7-10,12,14,17-18,20H,5-6,11,13H2,1-2H3,(H,25,28)/t17-,18-,20+/m1/s1. The molecule has 1 aliphatic carbocycles. The van der Waals surface area contributed by atoms with Gasteiger partial charge in [0.2, 0.25) is 17.7 Å². The van der Waals surface area contributed by atoms with Gasteiger partial charge in [0.15, 0.2) is 0 Å². The fraction of sp³-hybridized carbons (Fsp3) is 0.391. The molecule has 0 spiro atoms. The van der Waals surface area contributed by atoms with Crippen molar-refractivity contribution in [2.24, 2.45) is 18.9 Å². The number of aryl methyl sites for hydroxylation is 1. The van der Waals surface area contributed by atoms with E-state index < -0.39 is 6.04 Å². The molecule has 0 saturated carbocycles. The summed E-state index contributed by atoms with van der Waals surface area (Å²) in [4.78, 5) is 43.7. The third-order valence-electron chi connectivity index (χ3n) is 6.03. The third kappa shape index (κ3) is 4.10. The molecule has 31 heavy (non-hydrogen) atoms. The highest BCUT2D eigenvalue weighted by Crippen LogP contribution is 2.35. The van der Waals surface area contributed by atoms with Gasteiger partial charge in [-0.1, -0.05) is 24.3 Å². The van der Waals surface area contributed by atoms with Crippen molar-refractivity contribution in [1.29, 1.82) is 0 Å². The second-order valence-corrected chi connectivity index (χ2v) is 7.90. The number of carbonyl (C=O) groups excluding carboxylic acids is 3. The molecule has 0 radical (unpaired) electrons. The van der Waals surface area contributed by atoms with Crippen LogP contribution in [-0.2, 0) is 21.4 Å². The summed E-state index contributed by atoms with van der Waals surface area (Å²) < 4.78 is 7.07. The number of allylic oxidation sites excluding steroid dienone is 2.